The van der Waals surface area contributed by atoms with Crippen LogP contribution in [0.2, 0.25) is 0 Å². The summed E-state index contributed by atoms with van der Waals surface area (Å²) >= 11 is 5.23. The highest BCUT2D eigenvalue weighted by Crippen LogP contribution is 2.23. The summed E-state index contributed by atoms with van der Waals surface area (Å²) in [6.07, 6.45) is 0. The van der Waals surface area contributed by atoms with Crippen molar-refractivity contribution in [3.05, 3.63) is 58.1 Å². The van der Waals surface area contributed by atoms with E-state index in [9.17, 15) is 4.39 Å². The molecule has 1 N–H and O–H groups in total. The summed E-state index contributed by atoms with van der Waals surface area (Å²) in [7, 11) is 0. The van der Waals surface area contributed by atoms with Crippen molar-refractivity contribution in [3.8, 4) is 17.8 Å². The summed E-state index contributed by atoms with van der Waals surface area (Å²) in [5.41, 5.74) is 2.04. The second-order valence-corrected chi connectivity index (χ2v) is 4.74. The lowest BCUT2D eigenvalue weighted by molar-refractivity contribution is 0.637. The van der Waals surface area contributed by atoms with E-state index in [1.54, 1.807) is 34.9 Å². The fourth-order valence-corrected chi connectivity index (χ4v) is 2.52. The van der Waals surface area contributed by atoms with Gasteiger partial charge in [-0.2, -0.15) is 10.5 Å². The number of nitriles is 2. The largest absolute Gasteiger partial charge is 0.328 e. The number of hydrogen-bond donors (Lipinski definition) is 1. The number of rotatable bonds is 1. The van der Waals surface area contributed by atoms with Crippen LogP contribution in [-0.4, -0.2) is 9.55 Å². The third-order valence-corrected chi connectivity index (χ3v) is 3.45. The molecule has 6 heteroatoms. The van der Waals surface area contributed by atoms with Gasteiger partial charge in [0, 0.05) is 5.69 Å². The van der Waals surface area contributed by atoms with Gasteiger partial charge in [0.15, 0.2) is 4.77 Å². The summed E-state index contributed by atoms with van der Waals surface area (Å²) in [4.78, 5) is 2.81. The van der Waals surface area contributed by atoms with Crippen LogP contribution in [0.5, 0.6) is 0 Å². The number of halogens is 1. The summed E-state index contributed by atoms with van der Waals surface area (Å²) in [5, 5.41) is 18.0. The molecule has 0 bridgehead atoms. The van der Waals surface area contributed by atoms with Crippen LogP contribution < -0.4 is 0 Å². The van der Waals surface area contributed by atoms with E-state index >= 15 is 0 Å². The smallest absolute Gasteiger partial charge is 0.182 e. The number of imidazole rings is 1. The zero-order valence-electron chi connectivity index (χ0n) is 10.6. The van der Waals surface area contributed by atoms with Gasteiger partial charge >= 0.3 is 0 Å². The maximum absolute atomic E-state index is 13.8. The van der Waals surface area contributed by atoms with Crippen molar-refractivity contribution in [2.24, 2.45) is 0 Å². The zero-order chi connectivity index (χ0) is 15.0. The lowest BCUT2D eigenvalue weighted by Crippen LogP contribution is -1.96. The normalized spacial score (nSPS) is 10.2. The molecule has 0 spiro atoms. The molecule has 4 nitrogen and oxygen atoms in total. The van der Waals surface area contributed by atoms with Crippen LogP contribution in [0.15, 0.2) is 36.4 Å². The molecule has 0 fully saturated rings. The van der Waals surface area contributed by atoms with Crippen molar-refractivity contribution in [3.63, 3.8) is 0 Å². The molecule has 0 aliphatic carbocycles. The van der Waals surface area contributed by atoms with Gasteiger partial charge in [-0.15, -0.1) is 0 Å². The predicted molar refractivity (Wildman–Crippen MR) is 77.8 cm³/mol. The van der Waals surface area contributed by atoms with E-state index in [0.29, 0.717) is 27.1 Å². The Kier molecular flexibility index (Phi) is 3.02. The highest BCUT2D eigenvalue weighted by atomic mass is 32.1. The first-order valence-electron chi connectivity index (χ1n) is 5.99. The first-order valence-corrected chi connectivity index (χ1v) is 6.40. The second-order valence-electron chi connectivity index (χ2n) is 4.35. The van der Waals surface area contributed by atoms with Crippen LogP contribution >= 0.6 is 12.2 Å². The topological polar surface area (TPSA) is 68.3 Å². The number of fused-ring (bicyclic) bond motifs is 1. The summed E-state index contributed by atoms with van der Waals surface area (Å²) in [6, 6.07) is 13.4. The van der Waals surface area contributed by atoms with Gasteiger partial charge in [0.25, 0.3) is 0 Å². The molecule has 0 saturated heterocycles. The molecule has 2 aromatic carbocycles. The van der Waals surface area contributed by atoms with Gasteiger partial charge in [-0.3, -0.25) is 4.57 Å². The van der Waals surface area contributed by atoms with Crippen LogP contribution in [0.3, 0.4) is 0 Å². The van der Waals surface area contributed by atoms with Gasteiger partial charge in [0.2, 0.25) is 0 Å². The van der Waals surface area contributed by atoms with Gasteiger partial charge in [0.05, 0.1) is 16.6 Å². The van der Waals surface area contributed by atoms with Crippen LogP contribution in [-0.2, 0) is 0 Å². The van der Waals surface area contributed by atoms with Gasteiger partial charge in [-0.1, -0.05) is 6.07 Å². The molecule has 3 rings (SSSR count). The lowest BCUT2D eigenvalue weighted by Gasteiger charge is -2.05. The van der Waals surface area contributed by atoms with E-state index < -0.39 is 5.82 Å². The lowest BCUT2D eigenvalue weighted by atomic mass is 10.1. The zero-order valence-corrected chi connectivity index (χ0v) is 11.4. The highest BCUT2D eigenvalue weighted by molar-refractivity contribution is 7.71. The molecule has 1 aromatic heterocycles. The fourth-order valence-electron chi connectivity index (χ4n) is 2.21. The van der Waals surface area contributed by atoms with Crippen LogP contribution in [0, 0.1) is 33.3 Å². The number of para-hydroxylation sites is 1. The van der Waals surface area contributed by atoms with Crippen molar-refractivity contribution in [1.82, 2.24) is 9.55 Å². The molecule has 0 radical (unpaired) electrons. The minimum Gasteiger partial charge on any atom is -0.328 e. The number of hydrogen-bond acceptors (Lipinski definition) is 3. The second kappa shape index (κ2) is 4.86. The molecule has 21 heavy (non-hydrogen) atoms. The van der Waals surface area contributed by atoms with Gasteiger partial charge in [-0.05, 0) is 42.5 Å². The van der Waals surface area contributed by atoms with E-state index in [1.165, 1.54) is 6.07 Å². The number of benzene rings is 2. The maximum atomic E-state index is 13.8. The Labute approximate surface area is 124 Å². The summed E-state index contributed by atoms with van der Waals surface area (Å²) < 4.78 is 15.7. The van der Waals surface area contributed by atoms with E-state index in [-0.39, 0.29) is 5.56 Å². The molecule has 100 valence electrons. The number of nitrogens with zero attached hydrogens (tertiary/aromatic N) is 3. The maximum Gasteiger partial charge on any atom is 0.182 e. The molecule has 0 saturated carbocycles. The third kappa shape index (κ3) is 1.99. The van der Waals surface area contributed by atoms with E-state index in [2.05, 4.69) is 4.98 Å². The molecule has 0 unspecified atom stereocenters. The Bertz CT molecular complexity index is 1000. The monoisotopic (exact) mass is 294 g/mol. The molecular weight excluding hydrogens is 287 g/mol. The van der Waals surface area contributed by atoms with Gasteiger partial charge in [-0.25, -0.2) is 4.39 Å². The van der Waals surface area contributed by atoms with Gasteiger partial charge < -0.3 is 4.98 Å². The average molecular weight is 294 g/mol. The van der Waals surface area contributed by atoms with E-state index in [4.69, 9.17) is 22.7 Å². The Morgan fingerprint density at radius 2 is 1.86 bits per heavy atom. The Balaban J connectivity index is 2.35. The van der Waals surface area contributed by atoms with Crippen LogP contribution in [0.1, 0.15) is 11.1 Å². The number of H-pyrrole nitrogens is 1. The minimum atomic E-state index is -0.397. The molecular formula is C15H7FN4S. The van der Waals surface area contributed by atoms with Crippen molar-refractivity contribution in [2.45, 2.75) is 0 Å². The van der Waals surface area contributed by atoms with Crippen molar-refractivity contribution in [1.29, 1.82) is 10.5 Å². The highest BCUT2D eigenvalue weighted by Gasteiger charge is 2.11. The van der Waals surface area contributed by atoms with E-state index in [0.717, 1.165) is 0 Å². The van der Waals surface area contributed by atoms with E-state index in [1.807, 2.05) is 12.1 Å². The average Bonchev–Trinajstić information content (AvgIpc) is 2.84. The van der Waals surface area contributed by atoms with Crippen LogP contribution in [0.4, 0.5) is 4.39 Å². The van der Waals surface area contributed by atoms with Crippen molar-refractivity contribution < 1.29 is 4.39 Å². The van der Waals surface area contributed by atoms with Crippen molar-refractivity contribution in [2.75, 3.05) is 0 Å². The Morgan fingerprint density at radius 1 is 1.10 bits per heavy atom. The Hall–Kier alpha value is -2.96. The molecule has 0 amide bonds. The summed E-state index contributed by atoms with van der Waals surface area (Å²) in [6.45, 7) is 0. The number of nitrogens with one attached hydrogen (secondary N) is 1. The van der Waals surface area contributed by atoms with Crippen molar-refractivity contribution >= 4 is 23.3 Å². The fraction of sp³-hybridized carbons (Fsp3) is 0. The molecule has 0 aliphatic rings. The first kappa shape index (κ1) is 13.0. The van der Waals surface area contributed by atoms with Crippen LogP contribution in [0.25, 0.3) is 16.7 Å². The number of aromatic amines is 1. The quantitative estimate of drug-likeness (QED) is 0.698. The molecule has 1 heterocycles. The first-order chi connectivity index (χ1) is 10.2. The predicted octanol–water partition coefficient (Wildman–Crippen LogP) is 3.57. The third-order valence-electron chi connectivity index (χ3n) is 3.17. The SMILES string of the molecule is N#Cc1ccc(-n2c(=S)[nH]c3c(F)cccc32)cc1C#N. The van der Waals surface area contributed by atoms with Gasteiger partial charge in [0.1, 0.15) is 23.5 Å². The molecule has 0 aliphatic heterocycles. The molecule has 3 aromatic rings. The Morgan fingerprint density at radius 3 is 2.57 bits per heavy atom. The number of aromatic nitrogens is 2. The standard InChI is InChI=1S/C15H7FN4S/c16-12-2-1-3-13-14(12)19-15(21)20(13)11-5-4-9(7-17)10(6-11)8-18/h1-6H,(H,19,21). The summed E-state index contributed by atoms with van der Waals surface area (Å²) in [5.74, 6) is -0.397. The molecule has 0 atom stereocenters. The minimum absolute atomic E-state index is 0.252.